The zero-order valence-corrected chi connectivity index (χ0v) is 14.6. The minimum Gasteiger partial charge on any atom is -0.288 e. The van der Waals surface area contributed by atoms with E-state index in [-0.39, 0.29) is 13.0 Å². The highest BCUT2D eigenvalue weighted by atomic mass is 19.4. The Balaban J connectivity index is 3.61. The van der Waals surface area contributed by atoms with Gasteiger partial charge in [-0.05, 0) is 18.7 Å². The van der Waals surface area contributed by atoms with Crippen molar-refractivity contribution < 1.29 is 70.7 Å². The molecule has 3 nitrogen and oxygen atoms in total. The maximum atomic E-state index is 13.9. The van der Waals surface area contributed by atoms with Gasteiger partial charge in [0.05, 0.1) is 5.71 Å². The van der Waals surface area contributed by atoms with E-state index in [4.69, 9.17) is 5.41 Å². The zero-order chi connectivity index (χ0) is 25.8. The summed E-state index contributed by atoms with van der Waals surface area (Å²) in [5.41, 5.74) is -2.84. The Morgan fingerprint density at radius 2 is 1.12 bits per heavy atom. The standard InChI is InChI=1S/C14H7F15N2O/c15-8(16,7(32)5(4-30)6-2-1-3-31-6)9(17,18)10(19,20)11(21,22)12(23,24)13(25,26)14(27,28)29/h30H,1-3H2. The first-order valence-electron chi connectivity index (χ1n) is 7.68. The average Bonchev–Trinajstić information content (AvgIpc) is 3.14. The lowest BCUT2D eigenvalue weighted by Crippen LogP contribution is -2.73. The molecule has 0 unspecified atom stereocenters. The third kappa shape index (κ3) is 3.55. The highest BCUT2D eigenvalue weighted by Crippen LogP contribution is 2.62. The van der Waals surface area contributed by atoms with Gasteiger partial charge >= 0.3 is 41.7 Å². The first kappa shape index (κ1) is 27.8. The summed E-state index contributed by atoms with van der Waals surface area (Å²) in [7, 11) is 0. The Morgan fingerprint density at radius 1 is 0.719 bits per heavy atom. The number of carbonyl (C=O) groups is 1. The number of hydrogen-bond acceptors (Lipinski definition) is 3. The minimum absolute atomic E-state index is 0.0390. The number of carbonyl (C=O) groups excluding carboxylic acids is 1. The van der Waals surface area contributed by atoms with E-state index in [2.05, 4.69) is 4.99 Å². The molecule has 0 saturated heterocycles. The van der Waals surface area contributed by atoms with Gasteiger partial charge in [-0.25, -0.2) is 0 Å². The van der Waals surface area contributed by atoms with Crippen LogP contribution in [0.4, 0.5) is 65.9 Å². The van der Waals surface area contributed by atoms with Crippen LogP contribution in [0.15, 0.2) is 10.6 Å². The molecule has 0 amide bonds. The van der Waals surface area contributed by atoms with Crippen molar-refractivity contribution >= 4 is 17.4 Å². The number of rotatable bonds is 8. The number of nitrogens with one attached hydrogen (secondary N) is 1. The highest BCUT2D eigenvalue weighted by Gasteiger charge is 2.94. The number of allylic oxidation sites excluding steroid dienone is 1. The molecule has 0 aromatic rings. The fraction of sp³-hybridized carbons (Fsp3) is 0.714. The summed E-state index contributed by atoms with van der Waals surface area (Å²) >= 11 is 0. The summed E-state index contributed by atoms with van der Waals surface area (Å²) in [4.78, 5) is 14.8. The molecule has 1 aliphatic rings. The number of nitrogens with zero attached hydrogens (tertiary/aromatic N) is 1. The molecule has 184 valence electrons. The monoisotopic (exact) mass is 504 g/mol. The topological polar surface area (TPSA) is 53.3 Å². The Kier molecular flexibility index (Phi) is 6.65. The number of hydrogen-bond donors (Lipinski definition) is 1. The maximum Gasteiger partial charge on any atom is 0.460 e. The largest absolute Gasteiger partial charge is 0.460 e. The second-order valence-corrected chi connectivity index (χ2v) is 6.21. The van der Waals surface area contributed by atoms with E-state index in [9.17, 15) is 70.7 Å². The molecule has 0 saturated carbocycles. The van der Waals surface area contributed by atoms with E-state index in [0.29, 0.717) is 0 Å². The minimum atomic E-state index is -8.48. The molecule has 0 spiro atoms. The Labute approximate surface area is 166 Å². The van der Waals surface area contributed by atoms with Crippen molar-refractivity contribution in [3.05, 3.63) is 5.57 Å². The van der Waals surface area contributed by atoms with Gasteiger partial charge in [-0.15, -0.1) is 0 Å². The number of halogens is 15. The van der Waals surface area contributed by atoms with Crippen LogP contribution in [0.25, 0.3) is 0 Å². The predicted octanol–water partition coefficient (Wildman–Crippen LogP) is 5.34. The molecule has 1 aliphatic heterocycles. The molecular formula is C14H7F15N2O. The van der Waals surface area contributed by atoms with Gasteiger partial charge in [-0.2, -0.15) is 65.9 Å². The molecule has 0 aromatic heterocycles. The SMILES string of the molecule is N=C=C(C(=O)C(F)(F)C(F)(F)C(F)(F)C(F)(F)C(F)(F)C(F)(F)C(F)(F)F)C1=NCCC1. The summed E-state index contributed by atoms with van der Waals surface area (Å²) in [6, 6.07) is 0. The van der Waals surface area contributed by atoms with Gasteiger partial charge in [0, 0.05) is 6.54 Å². The first-order valence-corrected chi connectivity index (χ1v) is 7.68. The van der Waals surface area contributed by atoms with Crippen molar-refractivity contribution in [1.82, 2.24) is 0 Å². The molecule has 1 heterocycles. The van der Waals surface area contributed by atoms with Gasteiger partial charge in [-0.3, -0.25) is 15.2 Å². The van der Waals surface area contributed by atoms with E-state index in [1.54, 1.807) is 0 Å². The first-order chi connectivity index (χ1) is 14.0. The second-order valence-electron chi connectivity index (χ2n) is 6.21. The zero-order valence-electron chi connectivity index (χ0n) is 14.6. The normalized spacial score (nSPS) is 17.2. The molecule has 0 aliphatic carbocycles. The number of alkyl halides is 15. The summed E-state index contributed by atoms with van der Waals surface area (Å²) in [6.07, 6.45) is -8.24. The Hall–Kier alpha value is -2.26. The van der Waals surface area contributed by atoms with Crippen LogP contribution >= 0.6 is 0 Å². The average molecular weight is 504 g/mol. The Bertz CT molecular complexity index is 849. The molecule has 0 atom stereocenters. The van der Waals surface area contributed by atoms with Crippen LogP contribution in [0, 0.1) is 5.41 Å². The molecule has 0 aromatic carbocycles. The summed E-state index contributed by atoms with van der Waals surface area (Å²) in [6.45, 7) is -0.247. The molecular weight excluding hydrogens is 497 g/mol. The molecule has 32 heavy (non-hydrogen) atoms. The molecule has 0 radical (unpaired) electrons. The van der Waals surface area contributed by atoms with E-state index < -0.39 is 65.2 Å². The van der Waals surface area contributed by atoms with Crippen LogP contribution < -0.4 is 0 Å². The lowest BCUT2D eigenvalue weighted by atomic mass is 9.87. The van der Waals surface area contributed by atoms with Crippen molar-refractivity contribution in [2.75, 3.05) is 6.54 Å². The summed E-state index contributed by atoms with van der Waals surface area (Å²) < 4.78 is 197. The lowest BCUT2D eigenvalue weighted by Gasteiger charge is -2.41. The summed E-state index contributed by atoms with van der Waals surface area (Å²) in [5, 5.41) is 6.62. The van der Waals surface area contributed by atoms with Crippen LogP contribution in [0.1, 0.15) is 12.8 Å². The van der Waals surface area contributed by atoms with E-state index in [0.717, 1.165) is 5.87 Å². The van der Waals surface area contributed by atoms with Crippen molar-refractivity contribution in [2.24, 2.45) is 4.99 Å². The van der Waals surface area contributed by atoms with Crippen molar-refractivity contribution in [3.8, 4) is 0 Å². The summed E-state index contributed by atoms with van der Waals surface area (Å²) in [5.74, 6) is -51.1. The van der Waals surface area contributed by atoms with Gasteiger partial charge in [0.25, 0.3) is 0 Å². The van der Waals surface area contributed by atoms with E-state index in [1.807, 2.05) is 0 Å². The third-order valence-electron chi connectivity index (χ3n) is 4.13. The quantitative estimate of drug-likeness (QED) is 0.271. The van der Waals surface area contributed by atoms with Crippen LogP contribution in [0.2, 0.25) is 0 Å². The van der Waals surface area contributed by atoms with E-state index >= 15 is 0 Å². The van der Waals surface area contributed by atoms with Crippen molar-refractivity contribution in [2.45, 2.75) is 54.6 Å². The lowest BCUT2D eigenvalue weighted by molar-refractivity contribution is -0.449. The molecule has 1 rings (SSSR count). The van der Waals surface area contributed by atoms with Gasteiger partial charge in [0.15, 0.2) is 0 Å². The molecule has 0 bridgehead atoms. The van der Waals surface area contributed by atoms with Crippen LogP contribution in [0.3, 0.4) is 0 Å². The highest BCUT2D eigenvalue weighted by molar-refractivity contribution is 6.30. The Morgan fingerprint density at radius 3 is 1.47 bits per heavy atom. The third-order valence-corrected chi connectivity index (χ3v) is 4.13. The maximum absolute atomic E-state index is 13.9. The van der Waals surface area contributed by atoms with Gasteiger partial charge in [-0.1, -0.05) is 0 Å². The van der Waals surface area contributed by atoms with Gasteiger partial charge < -0.3 is 0 Å². The van der Waals surface area contributed by atoms with Gasteiger partial charge in [0.1, 0.15) is 5.57 Å². The smallest absolute Gasteiger partial charge is 0.288 e. The van der Waals surface area contributed by atoms with Crippen molar-refractivity contribution in [1.29, 1.82) is 5.41 Å². The molecule has 1 N–H and O–H groups in total. The predicted molar refractivity (Wildman–Crippen MR) is 73.5 cm³/mol. The molecule has 18 heteroatoms. The fourth-order valence-corrected chi connectivity index (χ4v) is 2.27. The molecule has 0 fully saturated rings. The van der Waals surface area contributed by atoms with Crippen molar-refractivity contribution in [3.63, 3.8) is 0 Å². The van der Waals surface area contributed by atoms with Crippen LogP contribution in [-0.4, -0.2) is 65.6 Å². The number of aliphatic imine (C=N–C) groups is 1. The number of Topliss-reactive ketones (excluding diaryl/α,β-unsaturated/α-hetero) is 1. The second kappa shape index (κ2) is 7.66. The fourth-order valence-electron chi connectivity index (χ4n) is 2.27. The number of ketones is 1. The van der Waals surface area contributed by atoms with Gasteiger partial charge in [0.2, 0.25) is 5.78 Å². The van der Waals surface area contributed by atoms with Crippen LogP contribution in [0.5, 0.6) is 0 Å². The van der Waals surface area contributed by atoms with E-state index in [1.165, 1.54) is 0 Å². The van der Waals surface area contributed by atoms with Crippen LogP contribution in [-0.2, 0) is 4.79 Å².